The fraction of sp³-hybridized carbons (Fsp3) is 0.500. The first-order valence-electron chi connectivity index (χ1n) is 6.30. The Bertz CT molecular complexity index is 459. The maximum Gasteiger partial charge on any atom is 0.337 e. The van der Waals surface area contributed by atoms with Crippen molar-refractivity contribution in [1.29, 1.82) is 0 Å². The molecule has 2 rings (SSSR count). The molecule has 1 heterocycles. The highest BCUT2D eigenvalue weighted by Crippen LogP contribution is 2.33. The second-order valence-electron chi connectivity index (χ2n) is 5.11. The van der Waals surface area contributed by atoms with Gasteiger partial charge < -0.3 is 10.0 Å². The standard InChI is InChI=1S/C14H18ClNO2/c1-9(2)12-4-3-7-16(12)13-8-10(15)5-6-11(13)14(17)18/h5-6,8-9,12H,3-4,7H2,1-2H3,(H,17,18). The summed E-state index contributed by atoms with van der Waals surface area (Å²) in [5.41, 5.74) is 1.10. The Morgan fingerprint density at radius 1 is 1.50 bits per heavy atom. The van der Waals surface area contributed by atoms with Crippen LogP contribution in [0, 0.1) is 5.92 Å². The van der Waals surface area contributed by atoms with Crippen molar-refractivity contribution in [3.05, 3.63) is 28.8 Å². The molecule has 1 N–H and O–H groups in total. The van der Waals surface area contributed by atoms with Gasteiger partial charge in [0.05, 0.1) is 11.3 Å². The number of hydrogen-bond acceptors (Lipinski definition) is 2. The molecule has 1 aromatic carbocycles. The zero-order chi connectivity index (χ0) is 13.3. The molecule has 1 unspecified atom stereocenters. The fourth-order valence-corrected chi connectivity index (χ4v) is 2.87. The zero-order valence-corrected chi connectivity index (χ0v) is 11.4. The Morgan fingerprint density at radius 2 is 2.22 bits per heavy atom. The second-order valence-corrected chi connectivity index (χ2v) is 5.55. The summed E-state index contributed by atoms with van der Waals surface area (Å²) in [5, 5.41) is 9.86. The number of benzene rings is 1. The van der Waals surface area contributed by atoms with Crippen molar-refractivity contribution in [2.45, 2.75) is 32.7 Å². The van der Waals surface area contributed by atoms with Crippen molar-refractivity contribution in [1.82, 2.24) is 0 Å². The third-order valence-electron chi connectivity index (χ3n) is 3.57. The molecule has 3 nitrogen and oxygen atoms in total. The molecule has 0 saturated carbocycles. The number of rotatable bonds is 3. The van der Waals surface area contributed by atoms with Crippen molar-refractivity contribution in [3.8, 4) is 0 Å². The van der Waals surface area contributed by atoms with Gasteiger partial charge in [0.15, 0.2) is 0 Å². The van der Waals surface area contributed by atoms with Gasteiger partial charge in [0, 0.05) is 17.6 Å². The van der Waals surface area contributed by atoms with Gasteiger partial charge in [-0.3, -0.25) is 0 Å². The summed E-state index contributed by atoms with van der Waals surface area (Å²) in [7, 11) is 0. The third-order valence-corrected chi connectivity index (χ3v) is 3.80. The SMILES string of the molecule is CC(C)C1CCCN1c1cc(Cl)ccc1C(=O)O. The maximum absolute atomic E-state index is 11.3. The van der Waals surface area contributed by atoms with Gasteiger partial charge in [-0.15, -0.1) is 0 Å². The van der Waals surface area contributed by atoms with E-state index in [-0.39, 0.29) is 0 Å². The number of carbonyl (C=O) groups is 1. The highest BCUT2D eigenvalue weighted by atomic mass is 35.5. The van der Waals surface area contributed by atoms with Gasteiger partial charge in [-0.05, 0) is 37.0 Å². The van der Waals surface area contributed by atoms with Crippen LogP contribution in [0.5, 0.6) is 0 Å². The van der Waals surface area contributed by atoms with Crippen LogP contribution in [0.15, 0.2) is 18.2 Å². The summed E-state index contributed by atoms with van der Waals surface area (Å²) in [6.45, 7) is 5.26. The molecule has 1 atom stereocenters. The van der Waals surface area contributed by atoms with E-state index in [0.29, 0.717) is 22.5 Å². The minimum atomic E-state index is -0.893. The topological polar surface area (TPSA) is 40.5 Å². The molecule has 0 bridgehead atoms. The first-order valence-corrected chi connectivity index (χ1v) is 6.68. The number of carboxylic acids is 1. The minimum Gasteiger partial charge on any atom is -0.478 e. The van der Waals surface area contributed by atoms with Gasteiger partial charge in [0.25, 0.3) is 0 Å². The van der Waals surface area contributed by atoms with Gasteiger partial charge in [0.1, 0.15) is 0 Å². The molecule has 1 fully saturated rings. The van der Waals surface area contributed by atoms with Gasteiger partial charge in [-0.25, -0.2) is 4.79 Å². The van der Waals surface area contributed by atoms with Crippen LogP contribution in [-0.2, 0) is 0 Å². The zero-order valence-electron chi connectivity index (χ0n) is 10.7. The first-order chi connectivity index (χ1) is 8.50. The number of halogens is 1. The van der Waals surface area contributed by atoms with E-state index in [9.17, 15) is 9.90 Å². The van der Waals surface area contributed by atoms with E-state index in [0.717, 1.165) is 25.1 Å². The van der Waals surface area contributed by atoms with Crippen LogP contribution < -0.4 is 4.90 Å². The molecule has 0 aromatic heterocycles. The molecular formula is C14H18ClNO2. The Morgan fingerprint density at radius 3 is 2.83 bits per heavy atom. The first kappa shape index (κ1) is 13.2. The number of anilines is 1. The summed E-state index contributed by atoms with van der Waals surface area (Å²) in [5.74, 6) is -0.385. The van der Waals surface area contributed by atoms with Gasteiger partial charge in [-0.2, -0.15) is 0 Å². The Hall–Kier alpha value is -1.22. The highest BCUT2D eigenvalue weighted by Gasteiger charge is 2.29. The molecule has 18 heavy (non-hydrogen) atoms. The second kappa shape index (κ2) is 5.19. The van der Waals surface area contributed by atoms with Gasteiger partial charge in [-0.1, -0.05) is 25.4 Å². The molecule has 1 aliphatic rings. The van der Waals surface area contributed by atoms with Crippen molar-refractivity contribution in [2.24, 2.45) is 5.92 Å². The molecule has 98 valence electrons. The lowest BCUT2D eigenvalue weighted by atomic mass is 10.0. The van der Waals surface area contributed by atoms with Crippen LogP contribution in [0.25, 0.3) is 0 Å². The van der Waals surface area contributed by atoms with Crippen molar-refractivity contribution in [3.63, 3.8) is 0 Å². The summed E-state index contributed by atoms with van der Waals surface area (Å²) in [4.78, 5) is 13.5. The van der Waals surface area contributed by atoms with Crippen LogP contribution in [-0.4, -0.2) is 23.7 Å². The van der Waals surface area contributed by atoms with E-state index >= 15 is 0 Å². The lowest BCUT2D eigenvalue weighted by Gasteiger charge is -2.30. The van der Waals surface area contributed by atoms with E-state index in [1.54, 1.807) is 18.2 Å². The predicted octanol–water partition coefficient (Wildman–Crippen LogP) is 3.66. The van der Waals surface area contributed by atoms with Crippen LogP contribution in [0.2, 0.25) is 5.02 Å². The maximum atomic E-state index is 11.3. The van der Waals surface area contributed by atoms with Crippen molar-refractivity contribution >= 4 is 23.3 Å². The van der Waals surface area contributed by atoms with Crippen LogP contribution >= 0.6 is 11.6 Å². The largest absolute Gasteiger partial charge is 0.478 e. The van der Waals surface area contributed by atoms with E-state index in [4.69, 9.17) is 11.6 Å². The van der Waals surface area contributed by atoms with E-state index in [1.165, 1.54) is 0 Å². The summed E-state index contributed by atoms with van der Waals surface area (Å²) < 4.78 is 0. The monoisotopic (exact) mass is 267 g/mol. The molecule has 0 spiro atoms. The lowest BCUT2D eigenvalue weighted by Crippen LogP contribution is -2.34. The van der Waals surface area contributed by atoms with Crippen LogP contribution in [0.1, 0.15) is 37.0 Å². The van der Waals surface area contributed by atoms with Gasteiger partial charge in [0.2, 0.25) is 0 Å². The van der Waals surface area contributed by atoms with Crippen LogP contribution in [0.4, 0.5) is 5.69 Å². The molecule has 1 aliphatic heterocycles. The van der Waals surface area contributed by atoms with E-state index in [2.05, 4.69) is 18.7 Å². The minimum absolute atomic E-state index is 0.340. The molecule has 0 amide bonds. The average Bonchev–Trinajstić information content (AvgIpc) is 2.77. The smallest absolute Gasteiger partial charge is 0.337 e. The number of carboxylic acid groups (broad SMARTS) is 1. The molecule has 0 aliphatic carbocycles. The lowest BCUT2D eigenvalue weighted by molar-refractivity contribution is 0.0697. The Kier molecular flexibility index (Phi) is 3.81. The third kappa shape index (κ3) is 2.46. The molecule has 1 saturated heterocycles. The van der Waals surface area contributed by atoms with E-state index in [1.807, 2.05) is 0 Å². The summed E-state index contributed by atoms with van der Waals surface area (Å²) in [6.07, 6.45) is 2.22. The molecule has 1 aromatic rings. The average molecular weight is 268 g/mol. The van der Waals surface area contributed by atoms with Gasteiger partial charge >= 0.3 is 5.97 Å². The molecular weight excluding hydrogens is 250 g/mol. The van der Waals surface area contributed by atoms with Crippen LogP contribution in [0.3, 0.4) is 0 Å². The van der Waals surface area contributed by atoms with Crippen molar-refractivity contribution in [2.75, 3.05) is 11.4 Å². The normalized spacial score (nSPS) is 19.6. The molecule has 4 heteroatoms. The number of hydrogen-bond donors (Lipinski definition) is 1. The predicted molar refractivity (Wildman–Crippen MR) is 73.6 cm³/mol. The number of nitrogens with zero attached hydrogens (tertiary/aromatic N) is 1. The van der Waals surface area contributed by atoms with Crippen molar-refractivity contribution < 1.29 is 9.90 Å². The quantitative estimate of drug-likeness (QED) is 0.909. The summed E-state index contributed by atoms with van der Waals surface area (Å²) in [6, 6.07) is 5.40. The fourth-order valence-electron chi connectivity index (χ4n) is 2.71. The Labute approximate surface area is 112 Å². The molecule has 0 radical (unpaired) electrons. The van der Waals surface area contributed by atoms with E-state index < -0.39 is 5.97 Å². The summed E-state index contributed by atoms with van der Waals surface area (Å²) >= 11 is 6.01. The number of aromatic carboxylic acids is 1. The highest BCUT2D eigenvalue weighted by molar-refractivity contribution is 6.31. The Balaban J connectivity index is 2.42.